The van der Waals surface area contributed by atoms with Crippen molar-refractivity contribution in [3.63, 3.8) is 0 Å². The van der Waals surface area contributed by atoms with Crippen LogP contribution in [0.1, 0.15) is 25.3 Å². The largest absolute Gasteiger partial charge is 0.496 e. The number of benzene rings is 1. The highest BCUT2D eigenvalue weighted by Crippen LogP contribution is 2.25. The van der Waals surface area contributed by atoms with Crippen LogP contribution in [-0.2, 0) is 16.0 Å². The van der Waals surface area contributed by atoms with Gasteiger partial charge in [0.05, 0.1) is 13.5 Å². The molecule has 1 aromatic rings. The third kappa shape index (κ3) is 3.98. The van der Waals surface area contributed by atoms with Gasteiger partial charge >= 0.3 is 5.97 Å². The maximum atomic E-state index is 11.8. The molecule has 0 fully saturated rings. The summed E-state index contributed by atoms with van der Waals surface area (Å²) < 4.78 is 5.23. The van der Waals surface area contributed by atoms with Crippen molar-refractivity contribution in [3.05, 3.63) is 23.8 Å². The number of nitrogens with zero attached hydrogens (tertiary/aromatic N) is 1. The van der Waals surface area contributed by atoms with Gasteiger partial charge < -0.3 is 14.7 Å². The van der Waals surface area contributed by atoms with Crippen molar-refractivity contribution in [3.8, 4) is 5.75 Å². The number of rotatable bonds is 6. The Morgan fingerprint density at radius 1 is 1.32 bits per heavy atom. The zero-order chi connectivity index (χ0) is 14.4. The number of hydrogen-bond donors (Lipinski definition) is 1. The van der Waals surface area contributed by atoms with Crippen LogP contribution in [0.4, 0.5) is 5.69 Å². The van der Waals surface area contributed by atoms with Crippen molar-refractivity contribution in [2.45, 2.75) is 26.2 Å². The Morgan fingerprint density at radius 2 is 2.00 bits per heavy atom. The number of aryl methyl sites for hydroxylation is 1. The molecular weight excluding hydrogens is 246 g/mol. The molecule has 0 saturated heterocycles. The van der Waals surface area contributed by atoms with E-state index in [4.69, 9.17) is 9.84 Å². The summed E-state index contributed by atoms with van der Waals surface area (Å²) in [5, 5.41) is 8.58. The summed E-state index contributed by atoms with van der Waals surface area (Å²) in [4.78, 5) is 23.8. The van der Waals surface area contributed by atoms with Crippen molar-refractivity contribution >= 4 is 17.6 Å². The lowest BCUT2D eigenvalue weighted by Crippen LogP contribution is -2.26. The Balaban J connectivity index is 2.84. The molecule has 1 rings (SSSR count). The van der Waals surface area contributed by atoms with E-state index in [1.54, 1.807) is 20.2 Å². The monoisotopic (exact) mass is 265 g/mol. The van der Waals surface area contributed by atoms with Gasteiger partial charge in [-0.15, -0.1) is 0 Å². The number of carbonyl (C=O) groups is 2. The molecule has 0 atom stereocenters. The van der Waals surface area contributed by atoms with Crippen molar-refractivity contribution in [2.24, 2.45) is 0 Å². The van der Waals surface area contributed by atoms with E-state index in [2.05, 4.69) is 0 Å². The normalized spacial score (nSPS) is 10.1. The first-order chi connectivity index (χ1) is 8.99. The molecule has 5 nitrogen and oxygen atoms in total. The van der Waals surface area contributed by atoms with Gasteiger partial charge in [-0.3, -0.25) is 9.59 Å². The molecule has 0 heterocycles. The standard InChI is InChI=1S/C14H19NO4/c1-4-10-9-11(5-6-12(10)19-3)15(2)13(16)7-8-14(17)18/h5-6,9H,4,7-8H2,1-3H3,(H,17,18). The molecule has 0 spiro atoms. The third-order valence-electron chi connectivity index (χ3n) is 2.96. The first kappa shape index (κ1) is 15.0. The van der Waals surface area contributed by atoms with Gasteiger partial charge in [0.15, 0.2) is 0 Å². The third-order valence-corrected chi connectivity index (χ3v) is 2.96. The number of carboxylic acid groups (broad SMARTS) is 1. The van der Waals surface area contributed by atoms with Crippen LogP contribution in [0.5, 0.6) is 5.75 Å². The van der Waals surface area contributed by atoms with Crippen LogP contribution >= 0.6 is 0 Å². The van der Waals surface area contributed by atoms with E-state index < -0.39 is 5.97 Å². The van der Waals surface area contributed by atoms with Gasteiger partial charge in [0.1, 0.15) is 5.75 Å². The number of carbonyl (C=O) groups excluding carboxylic acids is 1. The van der Waals surface area contributed by atoms with Crippen molar-refractivity contribution in [1.82, 2.24) is 0 Å². The number of hydrogen-bond acceptors (Lipinski definition) is 3. The summed E-state index contributed by atoms with van der Waals surface area (Å²) in [5.41, 5.74) is 1.76. The number of ether oxygens (including phenoxy) is 1. The van der Waals surface area contributed by atoms with E-state index in [1.165, 1.54) is 4.90 Å². The fourth-order valence-corrected chi connectivity index (χ4v) is 1.78. The summed E-state index contributed by atoms with van der Waals surface area (Å²) in [6.07, 6.45) is 0.646. The van der Waals surface area contributed by atoms with Gasteiger partial charge in [0.2, 0.25) is 5.91 Å². The Hall–Kier alpha value is -2.04. The molecule has 104 valence electrons. The smallest absolute Gasteiger partial charge is 0.303 e. The predicted molar refractivity (Wildman–Crippen MR) is 72.7 cm³/mol. The maximum Gasteiger partial charge on any atom is 0.303 e. The average molecular weight is 265 g/mol. The number of aliphatic carboxylic acids is 1. The quantitative estimate of drug-likeness (QED) is 0.855. The fraction of sp³-hybridized carbons (Fsp3) is 0.429. The number of carboxylic acids is 1. The minimum atomic E-state index is -0.967. The Bertz CT molecular complexity index is 471. The average Bonchev–Trinajstić information content (AvgIpc) is 2.42. The molecule has 0 aliphatic rings. The van der Waals surface area contributed by atoms with E-state index >= 15 is 0 Å². The summed E-state index contributed by atoms with van der Waals surface area (Å²) >= 11 is 0. The summed E-state index contributed by atoms with van der Waals surface area (Å²) in [6.45, 7) is 2.01. The number of amides is 1. The summed E-state index contributed by atoms with van der Waals surface area (Å²) in [5.74, 6) is -0.391. The van der Waals surface area contributed by atoms with E-state index in [1.807, 2.05) is 19.1 Å². The van der Waals surface area contributed by atoms with Gasteiger partial charge in [-0.2, -0.15) is 0 Å². The van der Waals surface area contributed by atoms with Crippen LogP contribution in [0.2, 0.25) is 0 Å². The second-order valence-corrected chi connectivity index (χ2v) is 4.20. The molecule has 1 N–H and O–H groups in total. The fourth-order valence-electron chi connectivity index (χ4n) is 1.78. The van der Waals surface area contributed by atoms with Crippen LogP contribution in [0.3, 0.4) is 0 Å². The molecule has 19 heavy (non-hydrogen) atoms. The first-order valence-electron chi connectivity index (χ1n) is 6.14. The zero-order valence-corrected chi connectivity index (χ0v) is 11.5. The molecular formula is C14H19NO4. The second kappa shape index (κ2) is 6.78. The Kier molecular flexibility index (Phi) is 5.36. The van der Waals surface area contributed by atoms with Crippen LogP contribution in [0.25, 0.3) is 0 Å². The van der Waals surface area contributed by atoms with Crippen LogP contribution in [-0.4, -0.2) is 31.1 Å². The van der Waals surface area contributed by atoms with E-state index in [0.29, 0.717) is 0 Å². The molecule has 0 aliphatic carbocycles. The minimum absolute atomic E-state index is 0.000674. The highest BCUT2D eigenvalue weighted by molar-refractivity contribution is 5.94. The molecule has 0 saturated carbocycles. The lowest BCUT2D eigenvalue weighted by molar-refractivity contribution is -0.138. The van der Waals surface area contributed by atoms with Gasteiger partial charge in [-0.05, 0) is 30.2 Å². The van der Waals surface area contributed by atoms with Crippen molar-refractivity contribution in [2.75, 3.05) is 19.1 Å². The molecule has 0 aromatic heterocycles. The zero-order valence-electron chi connectivity index (χ0n) is 11.5. The minimum Gasteiger partial charge on any atom is -0.496 e. The molecule has 1 amide bonds. The molecule has 0 unspecified atom stereocenters. The van der Waals surface area contributed by atoms with E-state index in [0.717, 1.165) is 23.4 Å². The lowest BCUT2D eigenvalue weighted by atomic mass is 10.1. The van der Waals surface area contributed by atoms with Gasteiger partial charge in [-0.1, -0.05) is 6.92 Å². The van der Waals surface area contributed by atoms with E-state index in [9.17, 15) is 9.59 Å². The topological polar surface area (TPSA) is 66.8 Å². The molecule has 0 aliphatic heterocycles. The first-order valence-corrected chi connectivity index (χ1v) is 6.14. The Morgan fingerprint density at radius 3 is 2.53 bits per heavy atom. The maximum absolute atomic E-state index is 11.8. The number of methoxy groups -OCH3 is 1. The second-order valence-electron chi connectivity index (χ2n) is 4.20. The SMILES string of the molecule is CCc1cc(N(C)C(=O)CCC(=O)O)ccc1OC. The van der Waals surface area contributed by atoms with Gasteiger partial charge in [-0.25, -0.2) is 0 Å². The predicted octanol–water partition coefficient (Wildman–Crippen LogP) is 2.09. The molecule has 5 heteroatoms. The molecule has 0 bridgehead atoms. The number of anilines is 1. The lowest BCUT2D eigenvalue weighted by Gasteiger charge is -2.19. The Labute approximate surface area is 112 Å². The molecule has 0 radical (unpaired) electrons. The van der Waals surface area contributed by atoms with Crippen molar-refractivity contribution in [1.29, 1.82) is 0 Å². The summed E-state index contributed by atoms with van der Waals surface area (Å²) in [6, 6.07) is 5.49. The van der Waals surface area contributed by atoms with Crippen LogP contribution < -0.4 is 9.64 Å². The molecule has 1 aromatic carbocycles. The van der Waals surface area contributed by atoms with Crippen molar-refractivity contribution < 1.29 is 19.4 Å². The van der Waals surface area contributed by atoms with E-state index in [-0.39, 0.29) is 18.7 Å². The van der Waals surface area contributed by atoms with Crippen LogP contribution in [0, 0.1) is 0 Å². The van der Waals surface area contributed by atoms with Crippen LogP contribution in [0.15, 0.2) is 18.2 Å². The van der Waals surface area contributed by atoms with Gasteiger partial charge in [0, 0.05) is 19.2 Å². The highest BCUT2D eigenvalue weighted by Gasteiger charge is 2.14. The summed E-state index contributed by atoms with van der Waals surface area (Å²) in [7, 11) is 3.25. The highest BCUT2D eigenvalue weighted by atomic mass is 16.5. The van der Waals surface area contributed by atoms with Gasteiger partial charge in [0.25, 0.3) is 0 Å².